The van der Waals surface area contributed by atoms with Crippen molar-refractivity contribution >= 4 is 37.3 Å². The highest BCUT2D eigenvalue weighted by molar-refractivity contribution is 9.10. The first-order valence-electron chi connectivity index (χ1n) is 9.40. The lowest BCUT2D eigenvalue weighted by atomic mass is 10.1. The summed E-state index contributed by atoms with van der Waals surface area (Å²) in [4.78, 5) is 0.594. The van der Waals surface area contributed by atoms with Crippen LogP contribution in [-0.2, 0) is 16.4 Å². The topological polar surface area (TPSA) is 51.4 Å². The number of thiazole rings is 1. The van der Waals surface area contributed by atoms with Gasteiger partial charge in [0, 0.05) is 15.5 Å². The van der Waals surface area contributed by atoms with Gasteiger partial charge in [0.05, 0.1) is 10.6 Å². The smallest absolute Gasteiger partial charge is 0.284 e. The average Bonchev–Trinajstić information content (AvgIpc) is 3.17. The molecule has 4 aromatic rings. The summed E-state index contributed by atoms with van der Waals surface area (Å²) < 4.78 is 33.1. The first kappa shape index (κ1) is 20.8. The van der Waals surface area contributed by atoms with Crippen LogP contribution in [0.3, 0.4) is 0 Å². The zero-order chi connectivity index (χ0) is 21.1. The summed E-state index contributed by atoms with van der Waals surface area (Å²) in [6.07, 6.45) is 0.854. The van der Waals surface area contributed by atoms with Crippen LogP contribution in [0.4, 0.5) is 0 Å². The van der Waals surface area contributed by atoms with Gasteiger partial charge < -0.3 is 0 Å². The molecule has 0 fully saturated rings. The minimum Gasteiger partial charge on any atom is -0.284 e. The number of sulfonamides is 1. The Balaban J connectivity index is 1.90. The van der Waals surface area contributed by atoms with Gasteiger partial charge in [-0.1, -0.05) is 65.3 Å². The summed E-state index contributed by atoms with van der Waals surface area (Å²) in [6.45, 7) is 2.03. The second-order valence-electron chi connectivity index (χ2n) is 6.65. The maximum atomic E-state index is 13.0. The Labute approximate surface area is 188 Å². The van der Waals surface area contributed by atoms with Crippen LogP contribution in [0.15, 0.2) is 98.0 Å². The highest BCUT2D eigenvalue weighted by Crippen LogP contribution is 2.25. The van der Waals surface area contributed by atoms with Gasteiger partial charge in [0.25, 0.3) is 10.0 Å². The van der Waals surface area contributed by atoms with Gasteiger partial charge in [-0.25, -0.2) is 0 Å². The monoisotopic (exact) mass is 498 g/mol. The van der Waals surface area contributed by atoms with Crippen LogP contribution in [0.2, 0.25) is 0 Å². The van der Waals surface area contributed by atoms with Gasteiger partial charge in [0.1, 0.15) is 0 Å². The van der Waals surface area contributed by atoms with Gasteiger partial charge in [0.15, 0.2) is 0 Å². The molecule has 0 aliphatic carbocycles. The molecule has 0 aliphatic rings. The Morgan fingerprint density at radius 3 is 2.23 bits per heavy atom. The van der Waals surface area contributed by atoms with Crippen molar-refractivity contribution in [2.45, 2.75) is 18.2 Å². The average molecular weight is 499 g/mol. The van der Waals surface area contributed by atoms with Crippen molar-refractivity contribution in [2.24, 2.45) is 4.40 Å². The van der Waals surface area contributed by atoms with Gasteiger partial charge >= 0.3 is 0 Å². The largest absolute Gasteiger partial charge is 0.285 e. The third-order valence-corrected chi connectivity index (χ3v) is 7.44. The Kier molecular flexibility index (Phi) is 6.04. The normalized spacial score (nSPS) is 12.3. The van der Waals surface area contributed by atoms with E-state index in [9.17, 15) is 8.42 Å². The van der Waals surface area contributed by atoms with E-state index in [4.69, 9.17) is 0 Å². The third kappa shape index (κ3) is 4.33. The van der Waals surface area contributed by atoms with Crippen LogP contribution in [0.1, 0.15) is 12.5 Å². The quantitative estimate of drug-likeness (QED) is 0.348. The first-order chi connectivity index (χ1) is 14.5. The predicted octanol–water partition coefficient (Wildman–Crippen LogP) is 5.82. The summed E-state index contributed by atoms with van der Waals surface area (Å²) in [5.74, 6) is 0. The van der Waals surface area contributed by atoms with Crippen molar-refractivity contribution in [1.82, 2.24) is 4.57 Å². The summed E-state index contributed by atoms with van der Waals surface area (Å²) in [5.41, 5.74) is 3.80. The molecule has 30 heavy (non-hydrogen) atoms. The summed E-state index contributed by atoms with van der Waals surface area (Å²) in [6, 6.07) is 24.5. The molecular weight excluding hydrogens is 480 g/mol. The number of hydrogen-bond donors (Lipinski definition) is 0. The van der Waals surface area contributed by atoms with Crippen molar-refractivity contribution in [2.75, 3.05) is 0 Å². The number of rotatable bonds is 5. The molecule has 0 aliphatic heterocycles. The SMILES string of the molecule is CCc1ccc(S(=O)(=O)/N=c2/scc(-c3ccc(Br)cc3)n2-c2ccccc2)cc1. The van der Waals surface area contributed by atoms with Crippen LogP contribution < -0.4 is 4.80 Å². The van der Waals surface area contributed by atoms with Crippen molar-refractivity contribution in [3.63, 3.8) is 0 Å². The molecule has 1 heterocycles. The Hall–Kier alpha value is -2.48. The van der Waals surface area contributed by atoms with Crippen LogP contribution in [0.25, 0.3) is 16.9 Å². The maximum absolute atomic E-state index is 13.0. The molecular formula is C23H19BrN2O2S2. The molecule has 0 spiro atoms. The number of nitrogens with zero attached hydrogens (tertiary/aromatic N) is 2. The van der Waals surface area contributed by atoms with E-state index < -0.39 is 10.0 Å². The molecule has 0 bridgehead atoms. The number of aromatic nitrogens is 1. The zero-order valence-electron chi connectivity index (χ0n) is 16.2. The molecule has 1 aromatic heterocycles. The second kappa shape index (κ2) is 8.71. The van der Waals surface area contributed by atoms with E-state index in [1.54, 1.807) is 12.1 Å². The molecule has 0 atom stereocenters. The molecule has 7 heteroatoms. The van der Waals surface area contributed by atoms with Crippen molar-refractivity contribution < 1.29 is 8.42 Å². The van der Waals surface area contributed by atoms with Crippen LogP contribution in [0.5, 0.6) is 0 Å². The minimum atomic E-state index is -3.84. The number of aryl methyl sites for hydroxylation is 1. The Bertz CT molecular complexity index is 1320. The van der Waals surface area contributed by atoms with E-state index in [-0.39, 0.29) is 4.90 Å². The van der Waals surface area contributed by atoms with E-state index in [0.717, 1.165) is 33.4 Å². The second-order valence-corrected chi connectivity index (χ2v) is 10.0. The lowest BCUT2D eigenvalue weighted by Gasteiger charge is -2.09. The van der Waals surface area contributed by atoms with Crippen molar-refractivity contribution in [1.29, 1.82) is 0 Å². The van der Waals surface area contributed by atoms with Gasteiger partial charge in [0.2, 0.25) is 4.80 Å². The van der Waals surface area contributed by atoms with Gasteiger partial charge in [-0.15, -0.1) is 15.7 Å². The first-order valence-corrected chi connectivity index (χ1v) is 12.5. The van der Waals surface area contributed by atoms with Gasteiger partial charge in [-0.3, -0.25) is 4.57 Å². The highest BCUT2D eigenvalue weighted by atomic mass is 79.9. The summed E-state index contributed by atoms with van der Waals surface area (Å²) in [7, 11) is -3.84. The lowest BCUT2D eigenvalue weighted by molar-refractivity contribution is 0.596. The van der Waals surface area contributed by atoms with Crippen LogP contribution in [0, 0.1) is 0 Å². The van der Waals surface area contributed by atoms with Gasteiger partial charge in [-0.2, -0.15) is 8.42 Å². The molecule has 4 rings (SSSR count). The molecule has 4 nitrogen and oxygen atoms in total. The molecule has 152 valence electrons. The minimum absolute atomic E-state index is 0.193. The number of halogens is 1. The molecule has 0 amide bonds. The molecule has 0 radical (unpaired) electrons. The van der Waals surface area contributed by atoms with E-state index in [1.165, 1.54) is 11.3 Å². The fourth-order valence-corrected chi connectivity index (χ4v) is 5.45. The fraction of sp³-hybridized carbons (Fsp3) is 0.0870. The third-order valence-electron chi connectivity index (χ3n) is 4.69. The summed E-state index contributed by atoms with van der Waals surface area (Å²) >= 11 is 4.77. The Morgan fingerprint density at radius 2 is 1.60 bits per heavy atom. The van der Waals surface area contributed by atoms with Crippen LogP contribution >= 0.6 is 27.3 Å². The number of para-hydroxylation sites is 1. The maximum Gasteiger partial charge on any atom is 0.285 e. The highest BCUT2D eigenvalue weighted by Gasteiger charge is 2.16. The molecule has 0 unspecified atom stereocenters. The molecule has 0 saturated carbocycles. The van der Waals surface area contributed by atoms with E-state index >= 15 is 0 Å². The zero-order valence-corrected chi connectivity index (χ0v) is 19.4. The predicted molar refractivity (Wildman–Crippen MR) is 125 cm³/mol. The van der Waals surface area contributed by atoms with E-state index in [1.807, 2.05) is 83.6 Å². The van der Waals surface area contributed by atoms with Gasteiger partial charge in [-0.05, 0) is 53.9 Å². The van der Waals surface area contributed by atoms with E-state index in [0.29, 0.717) is 4.80 Å². The summed E-state index contributed by atoms with van der Waals surface area (Å²) in [5, 5.41) is 1.94. The number of hydrogen-bond acceptors (Lipinski definition) is 3. The fourth-order valence-electron chi connectivity index (χ4n) is 3.08. The molecule has 3 aromatic carbocycles. The van der Waals surface area contributed by atoms with Crippen molar-refractivity contribution in [3.8, 4) is 16.9 Å². The number of benzene rings is 3. The lowest BCUT2D eigenvalue weighted by Crippen LogP contribution is -2.16. The van der Waals surface area contributed by atoms with Crippen LogP contribution in [-0.4, -0.2) is 13.0 Å². The van der Waals surface area contributed by atoms with E-state index in [2.05, 4.69) is 20.3 Å². The van der Waals surface area contributed by atoms with Crippen molar-refractivity contribution in [3.05, 3.63) is 99.1 Å². The molecule has 0 N–H and O–H groups in total. The standard InChI is InChI=1S/C23H19BrN2O2S2/c1-2-17-8-14-21(15-9-17)30(27,28)25-23-26(20-6-4-3-5-7-20)22(16-29-23)18-10-12-19(24)13-11-18/h3-16H,2H2,1H3/b25-23+. The Morgan fingerprint density at radius 1 is 0.933 bits per heavy atom. The molecule has 0 saturated heterocycles.